The summed E-state index contributed by atoms with van der Waals surface area (Å²) < 4.78 is 4.90. The molecule has 1 aromatic heterocycles. The van der Waals surface area contributed by atoms with E-state index in [-0.39, 0.29) is 11.7 Å². The van der Waals surface area contributed by atoms with Gasteiger partial charge in [-0.1, -0.05) is 6.92 Å². The third kappa shape index (κ3) is 1.55. The molecule has 0 aliphatic rings. The summed E-state index contributed by atoms with van der Waals surface area (Å²) in [7, 11) is 0. The Morgan fingerprint density at radius 3 is 2.92 bits per heavy atom. The van der Waals surface area contributed by atoms with Crippen LogP contribution in [0.15, 0.2) is 4.42 Å². The van der Waals surface area contributed by atoms with Crippen LogP contribution in [0.1, 0.15) is 29.6 Å². The normalized spacial score (nSPS) is 10.1. The number of nitrogen functional groups attached to an aromatic ring is 1. The highest BCUT2D eigenvalue weighted by Crippen LogP contribution is 2.14. The van der Waals surface area contributed by atoms with Gasteiger partial charge in [0.05, 0.1) is 0 Å². The number of aryl methyl sites for hydroxylation is 1. The Morgan fingerprint density at radius 1 is 1.75 bits per heavy atom. The van der Waals surface area contributed by atoms with E-state index in [1.165, 1.54) is 0 Å². The van der Waals surface area contributed by atoms with Gasteiger partial charge in [0, 0.05) is 6.42 Å². The van der Waals surface area contributed by atoms with E-state index in [0.29, 0.717) is 12.2 Å². The quantitative estimate of drug-likeness (QED) is 0.703. The molecule has 1 rings (SSSR count). The summed E-state index contributed by atoms with van der Waals surface area (Å²) in [5.41, 5.74) is 5.13. The predicted molar refractivity (Wildman–Crippen MR) is 41.9 cm³/mol. The van der Waals surface area contributed by atoms with Gasteiger partial charge >= 0.3 is 5.97 Å². The minimum Gasteiger partial charge on any atom is -0.476 e. The molecule has 0 radical (unpaired) electrons. The molecular formula is C7H10N2O3. The van der Waals surface area contributed by atoms with Crippen molar-refractivity contribution in [2.45, 2.75) is 19.8 Å². The van der Waals surface area contributed by atoms with Crippen LogP contribution in [-0.4, -0.2) is 16.1 Å². The number of carboxylic acids is 1. The van der Waals surface area contributed by atoms with E-state index in [1.54, 1.807) is 0 Å². The predicted octanol–water partition coefficient (Wildman–Crippen LogP) is 0.908. The van der Waals surface area contributed by atoms with Gasteiger partial charge in [0.1, 0.15) is 5.76 Å². The van der Waals surface area contributed by atoms with Gasteiger partial charge in [0.15, 0.2) is 5.69 Å². The lowest BCUT2D eigenvalue weighted by Crippen LogP contribution is -2.01. The number of anilines is 1. The lowest BCUT2D eigenvalue weighted by molar-refractivity contribution is 0.0689. The van der Waals surface area contributed by atoms with E-state index in [4.69, 9.17) is 15.3 Å². The molecule has 1 aromatic rings. The number of carboxylic acid groups (broad SMARTS) is 1. The topological polar surface area (TPSA) is 89.4 Å². The number of nitrogens with two attached hydrogens (primary N) is 1. The maximum absolute atomic E-state index is 10.5. The van der Waals surface area contributed by atoms with Gasteiger partial charge in [-0.15, -0.1) is 0 Å². The van der Waals surface area contributed by atoms with Crippen LogP contribution < -0.4 is 5.73 Å². The summed E-state index contributed by atoms with van der Waals surface area (Å²) in [6.45, 7) is 1.92. The monoisotopic (exact) mass is 170 g/mol. The SMILES string of the molecule is CCCc1oc(N)nc1C(=O)O. The standard InChI is InChI=1S/C7H10N2O3/c1-2-3-4-5(6(10)11)9-7(8)12-4/h2-3H2,1H3,(H2,8,9)(H,10,11). The third-order valence-electron chi connectivity index (χ3n) is 1.39. The maximum Gasteiger partial charge on any atom is 0.358 e. The average molecular weight is 170 g/mol. The second-order valence-electron chi connectivity index (χ2n) is 2.38. The molecule has 12 heavy (non-hydrogen) atoms. The van der Waals surface area contributed by atoms with Crippen molar-refractivity contribution in [2.75, 3.05) is 5.73 Å². The molecule has 0 spiro atoms. The molecule has 0 fully saturated rings. The average Bonchev–Trinajstić information content (AvgIpc) is 2.32. The van der Waals surface area contributed by atoms with E-state index in [2.05, 4.69) is 4.98 Å². The largest absolute Gasteiger partial charge is 0.476 e. The molecule has 0 aliphatic heterocycles. The van der Waals surface area contributed by atoms with Crippen LogP contribution in [0, 0.1) is 0 Å². The van der Waals surface area contributed by atoms with Crippen LogP contribution in [0.25, 0.3) is 0 Å². The van der Waals surface area contributed by atoms with Crippen molar-refractivity contribution in [3.63, 3.8) is 0 Å². The van der Waals surface area contributed by atoms with E-state index in [1.807, 2.05) is 6.92 Å². The molecule has 0 bridgehead atoms. The lowest BCUT2D eigenvalue weighted by atomic mass is 10.2. The first kappa shape index (κ1) is 8.58. The van der Waals surface area contributed by atoms with E-state index in [9.17, 15) is 4.79 Å². The number of aromatic carboxylic acids is 1. The zero-order chi connectivity index (χ0) is 9.14. The Kier molecular flexibility index (Phi) is 2.32. The first-order chi connectivity index (χ1) is 5.65. The van der Waals surface area contributed by atoms with Gasteiger partial charge in [-0.2, -0.15) is 4.98 Å². The van der Waals surface area contributed by atoms with Crippen LogP contribution in [0.2, 0.25) is 0 Å². The third-order valence-corrected chi connectivity index (χ3v) is 1.39. The molecule has 0 atom stereocenters. The minimum atomic E-state index is -1.10. The Labute approximate surface area is 69.2 Å². The molecule has 5 nitrogen and oxygen atoms in total. The highest BCUT2D eigenvalue weighted by atomic mass is 16.4. The molecule has 0 saturated heterocycles. The Hall–Kier alpha value is -1.52. The number of carbonyl (C=O) groups is 1. The van der Waals surface area contributed by atoms with Gasteiger partial charge in [-0.3, -0.25) is 0 Å². The molecule has 0 aromatic carbocycles. The number of nitrogens with zero attached hydrogens (tertiary/aromatic N) is 1. The van der Waals surface area contributed by atoms with Crippen LogP contribution in [-0.2, 0) is 6.42 Å². The van der Waals surface area contributed by atoms with Crippen molar-refractivity contribution in [2.24, 2.45) is 0 Å². The minimum absolute atomic E-state index is 0.0747. The van der Waals surface area contributed by atoms with Crippen LogP contribution in [0.5, 0.6) is 0 Å². The first-order valence-corrected chi connectivity index (χ1v) is 3.63. The number of rotatable bonds is 3. The van der Waals surface area contributed by atoms with E-state index in [0.717, 1.165) is 6.42 Å². The molecule has 0 unspecified atom stereocenters. The fourth-order valence-electron chi connectivity index (χ4n) is 0.934. The van der Waals surface area contributed by atoms with Crippen LogP contribution >= 0.6 is 0 Å². The highest BCUT2D eigenvalue weighted by molar-refractivity contribution is 5.86. The summed E-state index contributed by atoms with van der Waals surface area (Å²) in [4.78, 5) is 14.1. The first-order valence-electron chi connectivity index (χ1n) is 3.63. The second kappa shape index (κ2) is 3.25. The van der Waals surface area contributed by atoms with Crippen molar-refractivity contribution in [1.82, 2.24) is 4.98 Å². The summed E-state index contributed by atoms with van der Waals surface area (Å²) >= 11 is 0. The van der Waals surface area contributed by atoms with Gasteiger partial charge in [-0.25, -0.2) is 4.79 Å². The molecular weight excluding hydrogens is 160 g/mol. The fraction of sp³-hybridized carbons (Fsp3) is 0.429. The number of oxazole rings is 1. The molecule has 5 heteroatoms. The van der Waals surface area contributed by atoms with Gasteiger partial charge in [0.25, 0.3) is 6.01 Å². The zero-order valence-corrected chi connectivity index (χ0v) is 6.70. The second-order valence-corrected chi connectivity index (χ2v) is 2.38. The van der Waals surface area contributed by atoms with Crippen LogP contribution in [0.4, 0.5) is 6.01 Å². The molecule has 0 amide bonds. The van der Waals surface area contributed by atoms with Gasteiger partial charge in [0.2, 0.25) is 0 Å². The number of hydrogen-bond acceptors (Lipinski definition) is 4. The molecule has 0 aliphatic carbocycles. The zero-order valence-electron chi connectivity index (χ0n) is 6.70. The summed E-state index contributed by atoms with van der Waals surface area (Å²) in [5, 5.41) is 8.63. The Balaban J connectivity index is 2.99. The number of aromatic nitrogens is 1. The van der Waals surface area contributed by atoms with Crippen molar-refractivity contribution >= 4 is 12.0 Å². The maximum atomic E-state index is 10.5. The van der Waals surface area contributed by atoms with E-state index >= 15 is 0 Å². The van der Waals surface area contributed by atoms with Crippen molar-refractivity contribution in [3.05, 3.63) is 11.5 Å². The van der Waals surface area contributed by atoms with Gasteiger partial charge < -0.3 is 15.3 Å². The Morgan fingerprint density at radius 2 is 2.42 bits per heavy atom. The highest BCUT2D eigenvalue weighted by Gasteiger charge is 2.16. The molecule has 1 heterocycles. The summed E-state index contributed by atoms with van der Waals surface area (Å²) in [5.74, 6) is -0.749. The smallest absolute Gasteiger partial charge is 0.358 e. The van der Waals surface area contributed by atoms with Crippen LogP contribution in [0.3, 0.4) is 0 Å². The molecule has 0 saturated carbocycles. The van der Waals surface area contributed by atoms with Crippen molar-refractivity contribution < 1.29 is 14.3 Å². The number of hydrogen-bond donors (Lipinski definition) is 2. The molecule has 66 valence electrons. The van der Waals surface area contributed by atoms with E-state index < -0.39 is 5.97 Å². The summed E-state index contributed by atoms with van der Waals surface area (Å²) in [6, 6.07) is -0.0872. The summed E-state index contributed by atoms with van der Waals surface area (Å²) in [6.07, 6.45) is 1.35. The molecule has 3 N–H and O–H groups in total. The van der Waals surface area contributed by atoms with Crippen molar-refractivity contribution in [1.29, 1.82) is 0 Å². The fourth-order valence-corrected chi connectivity index (χ4v) is 0.934. The Bertz CT molecular complexity index is 293. The van der Waals surface area contributed by atoms with Crippen molar-refractivity contribution in [3.8, 4) is 0 Å². The lowest BCUT2D eigenvalue weighted by Gasteiger charge is -1.91. The van der Waals surface area contributed by atoms with Gasteiger partial charge in [-0.05, 0) is 6.42 Å².